The third kappa shape index (κ3) is 5.08. The van der Waals surface area contributed by atoms with Gasteiger partial charge in [-0.2, -0.15) is 0 Å². The summed E-state index contributed by atoms with van der Waals surface area (Å²) in [7, 11) is 0. The lowest BCUT2D eigenvalue weighted by Gasteiger charge is -2.16. The number of carbonyl (C=O) groups excluding carboxylic acids is 1. The van der Waals surface area contributed by atoms with Crippen molar-refractivity contribution in [3.63, 3.8) is 0 Å². The number of nitrogens with zero attached hydrogens (tertiary/aromatic N) is 1. The number of pyridine rings is 1. The molecule has 0 saturated heterocycles. The Bertz CT molecular complexity index is 838. The molecule has 0 saturated carbocycles. The summed E-state index contributed by atoms with van der Waals surface area (Å²) in [4.78, 5) is 16.4. The maximum Gasteiger partial charge on any atom is 0.246 e. The summed E-state index contributed by atoms with van der Waals surface area (Å²) in [5, 5.41) is 6.08. The monoisotopic (exact) mass is 347 g/mol. The molecule has 1 unspecified atom stereocenters. The highest BCUT2D eigenvalue weighted by atomic mass is 16.5. The van der Waals surface area contributed by atoms with E-state index in [-0.39, 0.29) is 11.9 Å². The number of hydrogen-bond acceptors (Lipinski definition) is 4. The molecule has 0 aliphatic rings. The van der Waals surface area contributed by atoms with Crippen molar-refractivity contribution >= 4 is 17.3 Å². The van der Waals surface area contributed by atoms with Crippen LogP contribution in [0, 0.1) is 0 Å². The van der Waals surface area contributed by atoms with Gasteiger partial charge in [0.2, 0.25) is 5.91 Å². The summed E-state index contributed by atoms with van der Waals surface area (Å²) < 4.78 is 5.79. The maximum atomic E-state index is 12.3. The minimum absolute atomic E-state index is 0.0992. The van der Waals surface area contributed by atoms with Gasteiger partial charge in [-0.15, -0.1) is 0 Å². The smallest absolute Gasteiger partial charge is 0.246 e. The van der Waals surface area contributed by atoms with Crippen molar-refractivity contribution < 1.29 is 9.53 Å². The van der Waals surface area contributed by atoms with E-state index in [0.717, 1.165) is 22.7 Å². The molecule has 26 heavy (non-hydrogen) atoms. The van der Waals surface area contributed by atoms with E-state index in [1.54, 1.807) is 12.4 Å². The zero-order valence-electron chi connectivity index (χ0n) is 14.6. The van der Waals surface area contributed by atoms with Gasteiger partial charge < -0.3 is 15.4 Å². The van der Waals surface area contributed by atoms with Gasteiger partial charge in [-0.1, -0.05) is 30.3 Å². The second kappa shape index (κ2) is 8.67. The predicted molar refractivity (Wildman–Crippen MR) is 103 cm³/mol. The Balaban J connectivity index is 1.56. The second-order valence-corrected chi connectivity index (χ2v) is 5.90. The number of carbonyl (C=O) groups is 1. The average molecular weight is 347 g/mol. The third-order valence-electron chi connectivity index (χ3n) is 3.78. The molecule has 0 aliphatic heterocycles. The van der Waals surface area contributed by atoms with Gasteiger partial charge in [0.15, 0.2) is 0 Å². The van der Waals surface area contributed by atoms with Crippen molar-refractivity contribution in [3.8, 4) is 5.75 Å². The number of para-hydroxylation sites is 1. The van der Waals surface area contributed by atoms with Crippen molar-refractivity contribution in [2.24, 2.45) is 0 Å². The highest BCUT2D eigenvalue weighted by Gasteiger charge is 2.13. The second-order valence-electron chi connectivity index (χ2n) is 5.90. The lowest BCUT2D eigenvalue weighted by atomic mass is 10.2. The highest BCUT2D eigenvalue weighted by Crippen LogP contribution is 2.19. The van der Waals surface area contributed by atoms with Gasteiger partial charge in [0.1, 0.15) is 18.4 Å². The fraction of sp³-hybridized carbons (Fsp3) is 0.143. The average Bonchev–Trinajstić information content (AvgIpc) is 2.68. The molecule has 0 spiro atoms. The number of rotatable bonds is 7. The van der Waals surface area contributed by atoms with Crippen molar-refractivity contribution in [3.05, 3.63) is 84.7 Å². The fourth-order valence-corrected chi connectivity index (χ4v) is 2.41. The van der Waals surface area contributed by atoms with E-state index in [1.165, 1.54) is 0 Å². The Kier molecular flexibility index (Phi) is 5.83. The molecule has 5 heteroatoms. The molecule has 1 heterocycles. The molecule has 2 N–H and O–H groups in total. The summed E-state index contributed by atoms with van der Waals surface area (Å²) in [6.45, 7) is 2.27. The molecule has 0 bridgehead atoms. The fourth-order valence-electron chi connectivity index (χ4n) is 2.41. The van der Waals surface area contributed by atoms with Crippen LogP contribution in [0.4, 0.5) is 11.4 Å². The van der Waals surface area contributed by atoms with Crippen molar-refractivity contribution in [1.82, 2.24) is 4.98 Å². The minimum Gasteiger partial charge on any atom is -0.489 e. The summed E-state index contributed by atoms with van der Waals surface area (Å²) in [5.41, 5.74) is 2.60. The van der Waals surface area contributed by atoms with Crippen LogP contribution >= 0.6 is 0 Å². The molecule has 1 aromatic heterocycles. The van der Waals surface area contributed by atoms with Crippen LogP contribution in [0.2, 0.25) is 0 Å². The van der Waals surface area contributed by atoms with Gasteiger partial charge in [-0.3, -0.25) is 9.78 Å². The van der Waals surface area contributed by atoms with Gasteiger partial charge in [0.25, 0.3) is 0 Å². The van der Waals surface area contributed by atoms with Crippen LogP contribution in [-0.4, -0.2) is 16.9 Å². The van der Waals surface area contributed by atoms with Crippen LogP contribution in [0.15, 0.2) is 79.1 Å². The van der Waals surface area contributed by atoms with Gasteiger partial charge in [0, 0.05) is 35.4 Å². The molecule has 132 valence electrons. The van der Waals surface area contributed by atoms with E-state index in [0.29, 0.717) is 6.61 Å². The van der Waals surface area contributed by atoms with E-state index < -0.39 is 0 Å². The van der Waals surface area contributed by atoms with E-state index in [1.807, 2.05) is 73.7 Å². The first-order valence-corrected chi connectivity index (χ1v) is 8.45. The van der Waals surface area contributed by atoms with Crippen LogP contribution in [0.1, 0.15) is 12.5 Å². The van der Waals surface area contributed by atoms with Gasteiger partial charge in [-0.05, 0) is 37.3 Å². The largest absolute Gasteiger partial charge is 0.489 e. The molecule has 1 amide bonds. The molecule has 0 aliphatic carbocycles. The number of hydrogen-bond donors (Lipinski definition) is 2. The summed E-state index contributed by atoms with van der Waals surface area (Å²) in [6, 6.07) is 20.4. The number of anilines is 2. The van der Waals surface area contributed by atoms with Crippen LogP contribution in [0.5, 0.6) is 5.75 Å². The summed E-state index contributed by atoms with van der Waals surface area (Å²) in [5.74, 6) is 0.632. The Morgan fingerprint density at radius 2 is 1.85 bits per heavy atom. The molecular weight excluding hydrogens is 326 g/mol. The van der Waals surface area contributed by atoms with E-state index in [9.17, 15) is 4.79 Å². The first kappa shape index (κ1) is 17.5. The van der Waals surface area contributed by atoms with Crippen LogP contribution in [0.3, 0.4) is 0 Å². The number of amides is 1. The predicted octanol–water partition coefficient (Wildman–Crippen LogP) is 4.10. The third-order valence-corrected chi connectivity index (χ3v) is 3.78. The molecule has 3 rings (SSSR count). The highest BCUT2D eigenvalue weighted by molar-refractivity contribution is 5.96. The first-order valence-electron chi connectivity index (χ1n) is 8.45. The molecule has 0 radical (unpaired) electrons. The number of benzene rings is 2. The quantitative estimate of drug-likeness (QED) is 0.675. The number of ether oxygens (including phenoxy) is 1. The minimum atomic E-state index is -0.385. The van der Waals surface area contributed by atoms with Crippen LogP contribution in [-0.2, 0) is 11.4 Å². The molecular formula is C21H21N3O2. The summed E-state index contributed by atoms with van der Waals surface area (Å²) in [6.07, 6.45) is 3.51. The Morgan fingerprint density at radius 3 is 2.62 bits per heavy atom. The SMILES string of the molecule is CC(Nc1cccc(OCc2cccnc2)c1)C(=O)Nc1ccccc1. The first-order chi connectivity index (χ1) is 12.7. The van der Waals surface area contributed by atoms with Gasteiger partial charge in [0.05, 0.1) is 0 Å². The topological polar surface area (TPSA) is 63.2 Å². The Morgan fingerprint density at radius 1 is 1.04 bits per heavy atom. The zero-order valence-corrected chi connectivity index (χ0v) is 14.6. The van der Waals surface area contributed by atoms with Crippen molar-refractivity contribution in [2.75, 3.05) is 10.6 Å². The number of nitrogens with one attached hydrogen (secondary N) is 2. The number of aromatic nitrogens is 1. The van der Waals surface area contributed by atoms with E-state index in [4.69, 9.17) is 4.74 Å². The molecule has 3 aromatic rings. The van der Waals surface area contributed by atoms with Crippen molar-refractivity contribution in [1.29, 1.82) is 0 Å². The lowest BCUT2D eigenvalue weighted by molar-refractivity contribution is -0.116. The van der Waals surface area contributed by atoms with E-state index >= 15 is 0 Å². The van der Waals surface area contributed by atoms with Crippen LogP contribution in [0.25, 0.3) is 0 Å². The standard InChI is InChI=1S/C21H21N3O2/c1-16(21(25)24-18-8-3-2-4-9-18)23-19-10-5-11-20(13-19)26-15-17-7-6-12-22-14-17/h2-14,16,23H,15H2,1H3,(H,24,25). The molecule has 2 aromatic carbocycles. The zero-order chi connectivity index (χ0) is 18.2. The lowest BCUT2D eigenvalue weighted by Crippen LogP contribution is -2.31. The van der Waals surface area contributed by atoms with Gasteiger partial charge in [-0.25, -0.2) is 0 Å². The van der Waals surface area contributed by atoms with Crippen molar-refractivity contribution in [2.45, 2.75) is 19.6 Å². The van der Waals surface area contributed by atoms with Gasteiger partial charge >= 0.3 is 0 Å². The molecule has 5 nitrogen and oxygen atoms in total. The Labute approximate surface area is 153 Å². The maximum absolute atomic E-state index is 12.3. The Hall–Kier alpha value is -3.34. The normalized spacial score (nSPS) is 11.4. The summed E-state index contributed by atoms with van der Waals surface area (Å²) >= 11 is 0. The molecule has 1 atom stereocenters. The van der Waals surface area contributed by atoms with E-state index in [2.05, 4.69) is 15.6 Å². The molecule has 0 fully saturated rings. The van der Waals surface area contributed by atoms with Crippen LogP contribution < -0.4 is 15.4 Å².